The Hall–Kier alpha value is -2.86. The summed E-state index contributed by atoms with van der Waals surface area (Å²) in [7, 11) is 0. The summed E-state index contributed by atoms with van der Waals surface area (Å²) < 4.78 is 7.76. The van der Waals surface area contributed by atoms with Gasteiger partial charge in [-0.25, -0.2) is 4.68 Å². The summed E-state index contributed by atoms with van der Waals surface area (Å²) >= 11 is 0. The molecule has 162 valence electrons. The van der Waals surface area contributed by atoms with Gasteiger partial charge in [0.1, 0.15) is 5.69 Å². The first-order chi connectivity index (χ1) is 15.1. The second kappa shape index (κ2) is 8.35. The Kier molecular flexibility index (Phi) is 5.40. The number of ether oxygens (including phenoxy) is 1. The fourth-order valence-electron chi connectivity index (χ4n) is 4.73. The standard InChI is InChI=1S/C25H31N5O/c1-19-14-21(29-17-25(2,18-29)26-20-8-4-3-5-9-20)11-12-23(19)24-16-30(28-27-24)15-22-10-6-7-13-31-22/h3-5,8-9,11-12,14,16,22,26H,6-7,10,13,15,17-18H2,1-2H3. The third-order valence-electron chi connectivity index (χ3n) is 6.35. The normalized spacial score (nSPS) is 20.3. The lowest BCUT2D eigenvalue weighted by atomic mass is 9.90. The van der Waals surface area contributed by atoms with Gasteiger partial charge in [0.15, 0.2) is 0 Å². The number of hydrogen-bond acceptors (Lipinski definition) is 5. The van der Waals surface area contributed by atoms with Gasteiger partial charge < -0.3 is 15.0 Å². The number of para-hydroxylation sites is 1. The molecule has 0 radical (unpaired) electrons. The molecular formula is C25H31N5O. The van der Waals surface area contributed by atoms with E-state index in [1.54, 1.807) is 0 Å². The van der Waals surface area contributed by atoms with E-state index >= 15 is 0 Å². The summed E-state index contributed by atoms with van der Waals surface area (Å²) in [5.74, 6) is 0. The fraction of sp³-hybridized carbons (Fsp3) is 0.440. The molecule has 0 saturated carbocycles. The molecule has 0 aliphatic carbocycles. The molecule has 2 aliphatic heterocycles. The molecule has 6 heteroatoms. The van der Waals surface area contributed by atoms with Crippen molar-refractivity contribution in [1.29, 1.82) is 0 Å². The quantitative estimate of drug-likeness (QED) is 0.639. The van der Waals surface area contributed by atoms with Gasteiger partial charge in [0.25, 0.3) is 0 Å². The summed E-state index contributed by atoms with van der Waals surface area (Å²) in [4.78, 5) is 2.42. The molecule has 31 heavy (non-hydrogen) atoms. The van der Waals surface area contributed by atoms with E-state index in [1.165, 1.54) is 29.8 Å². The second-order valence-electron chi connectivity index (χ2n) is 9.22. The van der Waals surface area contributed by atoms with Crippen LogP contribution in [-0.4, -0.2) is 46.3 Å². The maximum Gasteiger partial charge on any atom is 0.113 e. The Morgan fingerprint density at radius 2 is 1.97 bits per heavy atom. The van der Waals surface area contributed by atoms with Crippen LogP contribution in [0, 0.1) is 6.92 Å². The van der Waals surface area contributed by atoms with Gasteiger partial charge in [-0.2, -0.15) is 0 Å². The van der Waals surface area contributed by atoms with Crippen LogP contribution in [0.3, 0.4) is 0 Å². The highest BCUT2D eigenvalue weighted by Gasteiger charge is 2.38. The van der Waals surface area contributed by atoms with Crippen LogP contribution in [0.4, 0.5) is 11.4 Å². The SMILES string of the molecule is Cc1cc(N2CC(C)(Nc3ccccc3)C2)ccc1-c1cn(CC2CCCCO2)nn1. The predicted octanol–water partition coefficient (Wildman–Crippen LogP) is 4.51. The molecule has 1 N–H and O–H groups in total. The minimum atomic E-state index is 0.0951. The maximum atomic E-state index is 5.84. The van der Waals surface area contributed by atoms with Crippen molar-refractivity contribution in [3.05, 3.63) is 60.3 Å². The van der Waals surface area contributed by atoms with Crippen LogP contribution in [0.15, 0.2) is 54.7 Å². The third kappa shape index (κ3) is 4.44. The number of benzene rings is 2. The lowest BCUT2D eigenvalue weighted by Gasteiger charge is -2.50. The second-order valence-corrected chi connectivity index (χ2v) is 9.22. The zero-order chi connectivity index (χ0) is 21.3. The molecule has 3 aromatic rings. The number of aryl methyl sites for hydroxylation is 1. The molecule has 2 aliphatic rings. The molecule has 2 fully saturated rings. The zero-order valence-electron chi connectivity index (χ0n) is 18.4. The molecule has 0 bridgehead atoms. The van der Waals surface area contributed by atoms with Crippen molar-refractivity contribution in [2.45, 2.75) is 51.3 Å². The van der Waals surface area contributed by atoms with Crippen molar-refractivity contribution in [3.63, 3.8) is 0 Å². The highest BCUT2D eigenvalue weighted by Crippen LogP contribution is 2.33. The van der Waals surface area contributed by atoms with E-state index in [4.69, 9.17) is 4.74 Å². The minimum Gasteiger partial charge on any atom is -0.376 e. The van der Waals surface area contributed by atoms with Crippen LogP contribution >= 0.6 is 0 Å². The maximum absolute atomic E-state index is 5.84. The van der Waals surface area contributed by atoms with Crippen molar-refractivity contribution in [2.24, 2.45) is 0 Å². The Labute approximate surface area is 184 Å². The van der Waals surface area contributed by atoms with Gasteiger partial charge in [-0.15, -0.1) is 5.10 Å². The molecule has 2 saturated heterocycles. The Balaban J connectivity index is 1.23. The number of hydrogen-bond donors (Lipinski definition) is 1. The van der Waals surface area contributed by atoms with Crippen LogP contribution in [-0.2, 0) is 11.3 Å². The largest absolute Gasteiger partial charge is 0.376 e. The molecule has 6 nitrogen and oxygen atoms in total. The Morgan fingerprint density at radius 1 is 1.13 bits per heavy atom. The number of nitrogens with zero attached hydrogens (tertiary/aromatic N) is 4. The van der Waals surface area contributed by atoms with Crippen molar-refractivity contribution in [2.75, 3.05) is 29.9 Å². The first kappa shape index (κ1) is 20.1. The van der Waals surface area contributed by atoms with Gasteiger partial charge in [-0.3, -0.25) is 0 Å². The predicted molar refractivity (Wildman–Crippen MR) is 124 cm³/mol. The summed E-state index contributed by atoms with van der Waals surface area (Å²) in [5.41, 5.74) is 5.83. The van der Waals surface area contributed by atoms with Crippen LogP contribution in [0.5, 0.6) is 0 Å². The third-order valence-corrected chi connectivity index (χ3v) is 6.35. The topological polar surface area (TPSA) is 55.2 Å². The van der Waals surface area contributed by atoms with E-state index in [9.17, 15) is 0 Å². The Bertz CT molecular complexity index is 1020. The molecule has 0 spiro atoms. The average molecular weight is 418 g/mol. The van der Waals surface area contributed by atoms with Gasteiger partial charge in [0.2, 0.25) is 0 Å². The van der Waals surface area contributed by atoms with Crippen LogP contribution in [0.25, 0.3) is 11.3 Å². The zero-order valence-corrected chi connectivity index (χ0v) is 18.4. The lowest BCUT2D eigenvalue weighted by Crippen LogP contribution is -2.64. The molecule has 1 atom stereocenters. The summed E-state index contributed by atoms with van der Waals surface area (Å²) in [6.45, 7) is 8.06. The van der Waals surface area contributed by atoms with Gasteiger partial charge in [-0.05, 0) is 62.9 Å². The van der Waals surface area contributed by atoms with Gasteiger partial charge in [0, 0.05) is 36.6 Å². The van der Waals surface area contributed by atoms with Gasteiger partial charge in [-0.1, -0.05) is 29.5 Å². The number of aromatic nitrogens is 3. The summed E-state index contributed by atoms with van der Waals surface area (Å²) in [6, 6.07) is 17.1. The van der Waals surface area contributed by atoms with E-state index in [1.807, 2.05) is 16.9 Å². The Morgan fingerprint density at radius 3 is 2.71 bits per heavy atom. The summed E-state index contributed by atoms with van der Waals surface area (Å²) in [6.07, 6.45) is 5.82. The van der Waals surface area contributed by atoms with Crippen molar-refractivity contribution < 1.29 is 4.74 Å². The smallest absolute Gasteiger partial charge is 0.113 e. The van der Waals surface area contributed by atoms with Gasteiger partial charge in [0.05, 0.1) is 24.4 Å². The first-order valence-electron chi connectivity index (χ1n) is 11.3. The molecule has 0 amide bonds. The average Bonchev–Trinajstić information content (AvgIpc) is 3.21. The fourth-order valence-corrected chi connectivity index (χ4v) is 4.73. The van der Waals surface area contributed by atoms with E-state index < -0.39 is 0 Å². The molecule has 1 unspecified atom stereocenters. The van der Waals surface area contributed by atoms with Crippen molar-refractivity contribution in [3.8, 4) is 11.3 Å². The number of rotatable bonds is 6. The number of anilines is 2. The lowest BCUT2D eigenvalue weighted by molar-refractivity contribution is 0.00370. The molecule has 2 aromatic carbocycles. The highest BCUT2D eigenvalue weighted by atomic mass is 16.5. The minimum absolute atomic E-state index is 0.0951. The number of nitrogens with one attached hydrogen (secondary N) is 1. The van der Waals surface area contributed by atoms with Crippen LogP contribution < -0.4 is 10.2 Å². The van der Waals surface area contributed by atoms with E-state index in [0.29, 0.717) is 0 Å². The monoisotopic (exact) mass is 417 g/mol. The summed E-state index contributed by atoms with van der Waals surface area (Å²) in [5, 5.41) is 12.4. The highest BCUT2D eigenvalue weighted by molar-refractivity contribution is 5.68. The molecule has 1 aromatic heterocycles. The van der Waals surface area contributed by atoms with E-state index in [0.717, 1.165) is 43.9 Å². The van der Waals surface area contributed by atoms with E-state index in [-0.39, 0.29) is 11.6 Å². The van der Waals surface area contributed by atoms with Crippen molar-refractivity contribution >= 4 is 11.4 Å². The van der Waals surface area contributed by atoms with E-state index in [2.05, 4.69) is 76.8 Å². The molecule has 3 heterocycles. The molecule has 5 rings (SSSR count). The van der Waals surface area contributed by atoms with Crippen molar-refractivity contribution in [1.82, 2.24) is 15.0 Å². The first-order valence-corrected chi connectivity index (χ1v) is 11.3. The van der Waals surface area contributed by atoms with Crippen LogP contribution in [0.2, 0.25) is 0 Å². The van der Waals surface area contributed by atoms with Crippen LogP contribution in [0.1, 0.15) is 31.7 Å². The molecular weight excluding hydrogens is 386 g/mol. The van der Waals surface area contributed by atoms with Gasteiger partial charge >= 0.3 is 0 Å².